The Kier molecular flexibility index (Phi) is 6.99. The van der Waals surface area contributed by atoms with Gasteiger partial charge in [0.05, 0.1) is 41.0 Å². The maximum absolute atomic E-state index is 14.3. The molecule has 7 heteroatoms. The predicted octanol–water partition coefficient (Wildman–Crippen LogP) is 4.88. The molecule has 0 radical (unpaired) electrons. The van der Waals surface area contributed by atoms with Crippen LogP contribution in [-0.4, -0.2) is 26.2 Å². The van der Waals surface area contributed by atoms with Gasteiger partial charge in [0.25, 0.3) is 0 Å². The van der Waals surface area contributed by atoms with E-state index in [0.717, 1.165) is 5.56 Å². The Morgan fingerprint density at radius 3 is 2.06 bits per heavy atom. The highest BCUT2D eigenvalue weighted by atomic mass is 19.1. The highest BCUT2D eigenvalue weighted by Crippen LogP contribution is 2.42. The zero-order chi connectivity index (χ0) is 22.3. The predicted molar refractivity (Wildman–Crippen MR) is 112 cm³/mol. The van der Waals surface area contributed by atoms with Crippen molar-refractivity contribution in [2.45, 2.75) is 13.5 Å². The molecule has 0 aromatic heterocycles. The van der Waals surface area contributed by atoms with Crippen LogP contribution in [0.1, 0.15) is 23.6 Å². The van der Waals surface area contributed by atoms with Gasteiger partial charge in [0.1, 0.15) is 31.5 Å². The maximum atomic E-state index is 14.3. The summed E-state index contributed by atoms with van der Waals surface area (Å²) in [7, 11) is 0. The first kappa shape index (κ1) is 22.0. The van der Waals surface area contributed by atoms with E-state index >= 15 is 0 Å². The number of nitrogens with zero attached hydrogens (tertiary/aromatic N) is 3. The number of hydrogen-bond donors (Lipinski definition) is 0. The zero-order valence-electron chi connectivity index (χ0n) is 17.0. The van der Waals surface area contributed by atoms with Crippen molar-refractivity contribution in [2.75, 3.05) is 20.0 Å². The Balaban J connectivity index is 1.76. The van der Waals surface area contributed by atoms with Gasteiger partial charge < -0.3 is 9.47 Å². The summed E-state index contributed by atoms with van der Waals surface area (Å²) in [6, 6.07) is 17.3. The van der Waals surface area contributed by atoms with Gasteiger partial charge in [-0.2, -0.15) is 10.5 Å². The van der Waals surface area contributed by atoms with Gasteiger partial charge in [-0.15, -0.1) is 0 Å². The summed E-state index contributed by atoms with van der Waals surface area (Å²) in [5.41, 5.74) is 0.656. The van der Waals surface area contributed by atoms with Crippen LogP contribution in [0.5, 0.6) is 5.75 Å². The minimum absolute atomic E-state index is 0.000245. The summed E-state index contributed by atoms with van der Waals surface area (Å²) in [5, 5.41) is 17.8. The molecule has 158 valence electrons. The second-order valence-corrected chi connectivity index (χ2v) is 7.27. The molecule has 2 aromatic rings. The van der Waals surface area contributed by atoms with E-state index in [9.17, 15) is 8.78 Å². The number of aliphatic imine (C=N–C) groups is 1. The van der Waals surface area contributed by atoms with Gasteiger partial charge in [0.15, 0.2) is 0 Å². The number of allylic oxidation sites excluding steroid dienone is 2. The molecule has 0 saturated carbocycles. The average Bonchev–Trinajstić information content (AvgIpc) is 2.82. The minimum atomic E-state index is -1.54. The molecule has 1 aliphatic heterocycles. The minimum Gasteiger partial charge on any atom is -0.493 e. The van der Waals surface area contributed by atoms with E-state index in [2.05, 4.69) is 4.99 Å². The van der Waals surface area contributed by atoms with E-state index in [1.54, 1.807) is 55.5 Å². The molecule has 0 bridgehead atoms. The molecule has 0 amide bonds. The lowest BCUT2D eigenvalue weighted by Gasteiger charge is -2.38. The van der Waals surface area contributed by atoms with Crippen LogP contribution in [-0.2, 0) is 11.3 Å². The van der Waals surface area contributed by atoms with Crippen molar-refractivity contribution in [1.29, 1.82) is 10.5 Å². The molecule has 0 aliphatic carbocycles. The van der Waals surface area contributed by atoms with Crippen LogP contribution < -0.4 is 4.74 Å². The van der Waals surface area contributed by atoms with Crippen LogP contribution >= 0.6 is 0 Å². The summed E-state index contributed by atoms with van der Waals surface area (Å²) >= 11 is 0. The number of benzene rings is 2. The molecule has 31 heavy (non-hydrogen) atoms. The molecule has 1 aliphatic rings. The van der Waals surface area contributed by atoms with Gasteiger partial charge in [-0.25, -0.2) is 8.78 Å². The van der Waals surface area contributed by atoms with E-state index < -0.39 is 24.7 Å². The van der Waals surface area contributed by atoms with E-state index in [0.29, 0.717) is 22.6 Å². The highest BCUT2D eigenvalue weighted by molar-refractivity contribution is 5.67. The third-order valence-electron chi connectivity index (χ3n) is 5.29. The second-order valence-electron chi connectivity index (χ2n) is 7.27. The largest absolute Gasteiger partial charge is 0.493 e. The standard InChI is InChI=1S/C24H21F2N3O2/c1-17-23(31-13-20-4-2-18(10-27)3-5-20)24(15-25,16-26)21(12-29-17)14-30-22-8-6-19(11-28)7-9-22/h2-9,12,21H,13-16H2,1H3. The van der Waals surface area contributed by atoms with Gasteiger partial charge in [-0.05, 0) is 48.9 Å². The number of nitriles is 2. The molecule has 1 atom stereocenters. The molecule has 0 N–H and O–H groups in total. The smallest absolute Gasteiger partial charge is 0.130 e. The molecule has 0 saturated heterocycles. The molecule has 0 fully saturated rings. The lowest BCUT2D eigenvalue weighted by atomic mass is 9.74. The third-order valence-corrected chi connectivity index (χ3v) is 5.29. The summed E-state index contributed by atoms with van der Waals surface area (Å²) in [4.78, 5) is 4.29. The fourth-order valence-corrected chi connectivity index (χ4v) is 3.38. The van der Waals surface area contributed by atoms with Gasteiger partial charge in [-0.1, -0.05) is 12.1 Å². The highest BCUT2D eigenvalue weighted by Gasteiger charge is 2.47. The molecule has 0 spiro atoms. The molecule has 2 aromatic carbocycles. The summed E-state index contributed by atoms with van der Waals surface area (Å²) in [6.07, 6.45) is 1.51. The van der Waals surface area contributed by atoms with Crippen molar-refractivity contribution in [2.24, 2.45) is 16.3 Å². The Morgan fingerprint density at radius 2 is 1.52 bits per heavy atom. The Labute approximate surface area is 179 Å². The summed E-state index contributed by atoms with van der Waals surface area (Å²) in [6.45, 7) is -0.199. The first-order chi connectivity index (χ1) is 15.1. The molecule has 1 heterocycles. The Hall–Kier alpha value is -3.71. The van der Waals surface area contributed by atoms with E-state index in [-0.39, 0.29) is 19.0 Å². The van der Waals surface area contributed by atoms with Gasteiger partial charge >= 0.3 is 0 Å². The fraction of sp³-hybridized carbons (Fsp3) is 0.292. The van der Waals surface area contributed by atoms with E-state index in [1.165, 1.54) is 6.21 Å². The first-order valence-corrected chi connectivity index (χ1v) is 9.68. The van der Waals surface area contributed by atoms with Crippen molar-refractivity contribution in [1.82, 2.24) is 0 Å². The average molecular weight is 421 g/mol. The number of alkyl halides is 2. The van der Waals surface area contributed by atoms with E-state index in [1.807, 2.05) is 12.1 Å². The first-order valence-electron chi connectivity index (χ1n) is 9.68. The normalized spacial score (nSPS) is 17.0. The maximum Gasteiger partial charge on any atom is 0.130 e. The van der Waals surface area contributed by atoms with Crippen LogP contribution in [0.4, 0.5) is 8.78 Å². The summed E-state index contributed by atoms with van der Waals surface area (Å²) in [5.74, 6) is -0.0269. The Morgan fingerprint density at radius 1 is 0.935 bits per heavy atom. The molecule has 5 nitrogen and oxygen atoms in total. The van der Waals surface area contributed by atoms with Gasteiger partial charge in [0, 0.05) is 12.1 Å². The SMILES string of the molecule is CC1=C(OCc2ccc(C#N)cc2)C(CF)(CF)C(COc2ccc(C#N)cc2)C=N1. The Bertz CT molecular complexity index is 1040. The van der Waals surface area contributed by atoms with Crippen molar-refractivity contribution < 1.29 is 18.3 Å². The number of rotatable bonds is 8. The van der Waals surface area contributed by atoms with Gasteiger partial charge in [-0.3, -0.25) is 4.99 Å². The fourth-order valence-electron chi connectivity index (χ4n) is 3.38. The van der Waals surface area contributed by atoms with Crippen LogP contribution in [0.2, 0.25) is 0 Å². The van der Waals surface area contributed by atoms with Crippen LogP contribution in [0, 0.1) is 34.0 Å². The quantitative estimate of drug-likeness (QED) is 0.608. The second kappa shape index (κ2) is 9.86. The zero-order valence-corrected chi connectivity index (χ0v) is 17.0. The number of halogens is 2. The third kappa shape index (κ3) is 4.73. The van der Waals surface area contributed by atoms with Crippen molar-refractivity contribution in [3.05, 3.63) is 76.7 Å². The van der Waals surface area contributed by atoms with Crippen LogP contribution in [0.3, 0.4) is 0 Å². The van der Waals surface area contributed by atoms with Crippen molar-refractivity contribution >= 4 is 6.21 Å². The van der Waals surface area contributed by atoms with Crippen LogP contribution in [0.25, 0.3) is 0 Å². The molecular weight excluding hydrogens is 400 g/mol. The topological polar surface area (TPSA) is 78.4 Å². The number of ether oxygens (including phenoxy) is 2. The lowest BCUT2D eigenvalue weighted by Crippen LogP contribution is -2.44. The van der Waals surface area contributed by atoms with Gasteiger partial charge in [0.2, 0.25) is 0 Å². The molecular formula is C24H21F2N3O2. The van der Waals surface area contributed by atoms with Crippen LogP contribution in [0.15, 0.2) is 65.0 Å². The van der Waals surface area contributed by atoms with Crippen molar-refractivity contribution in [3.63, 3.8) is 0 Å². The van der Waals surface area contributed by atoms with E-state index in [4.69, 9.17) is 20.0 Å². The van der Waals surface area contributed by atoms with Crippen molar-refractivity contribution in [3.8, 4) is 17.9 Å². The lowest BCUT2D eigenvalue weighted by molar-refractivity contribution is 0.0310. The molecule has 3 rings (SSSR count). The monoisotopic (exact) mass is 421 g/mol. The summed E-state index contributed by atoms with van der Waals surface area (Å²) < 4.78 is 40.2. The molecule has 1 unspecified atom stereocenters. The number of hydrogen-bond acceptors (Lipinski definition) is 5.